The molecule has 1 atom stereocenters. The molecule has 1 aliphatic heterocycles. The summed E-state index contributed by atoms with van der Waals surface area (Å²) in [5.41, 5.74) is 1.22. The molecule has 2 aromatic rings. The van der Waals surface area contributed by atoms with Crippen LogP contribution in [0.4, 0.5) is 0 Å². The predicted octanol–water partition coefficient (Wildman–Crippen LogP) is 3.85. The second kappa shape index (κ2) is 4.15. The lowest BCUT2D eigenvalue weighted by molar-refractivity contribution is 0.113. The minimum absolute atomic E-state index is 0.227. The monoisotopic (exact) mass is 277 g/mol. The smallest absolute Gasteiger partial charge is 0.0846 e. The van der Waals surface area contributed by atoms with Crippen LogP contribution in [0.1, 0.15) is 24.5 Å². The highest BCUT2D eigenvalue weighted by molar-refractivity contribution is 9.10. The summed E-state index contributed by atoms with van der Waals surface area (Å²) in [5.74, 6) is 0. The van der Waals surface area contributed by atoms with E-state index in [0.29, 0.717) is 0 Å². The number of nitrogens with zero attached hydrogens (tertiary/aromatic N) is 1. The molecule has 0 radical (unpaired) electrons. The molecule has 0 bridgehead atoms. The third kappa shape index (κ3) is 1.74. The average molecular weight is 278 g/mol. The van der Waals surface area contributed by atoms with Crippen molar-refractivity contribution in [3.8, 4) is 0 Å². The molecule has 0 N–H and O–H groups in total. The van der Waals surface area contributed by atoms with Crippen LogP contribution in [0, 0.1) is 0 Å². The summed E-state index contributed by atoms with van der Waals surface area (Å²) in [6.45, 7) is 0.870. The van der Waals surface area contributed by atoms with E-state index in [1.54, 1.807) is 0 Å². The number of halogens is 1. The number of hydrogen-bond donors (Lipinski definition) is 0. The summed E-state index contributed by atoms with van der Waals surface area (Å²) in [6.07, 6.45) is 6.32. The lowest BCUT2D eigenvalue weighted by atomic mass is 10.0. The Morgan fingerprint density at radius 1 is 1.31 bits per heavy atom. The summed E-state index contributed by atoms with van der Waals surface area (Å²) in [6, 6.07) is 6.28. The molecule has 0 spiro atoms. The van der Waals surface area contributed by atoms with Gasteiger partial charge in [0.25, 0.3) is 0 Å². The summed E-state index contributed by atoms with van der Waals surface area (Å²) in [7, 11) is 0. The molecule has 82 valence electrons. The Bertz CT molecular complexity index is 520. The number of hydrogen-bond acceptors (Lipinski definition) is 2. The first-order chi connectivity index (χ1) is 7.84. The standard InChI is InChI=1S/C13H12BrNO/c14-10-4-3-9-7-15-8-12(11(9)6-10)13-2-1-5-16-13/h3-4,6-8,13H,1-2,5H2. The highest BCUT2D eigenvalue weighted by Crippen LogP contribution is 2.33. The zero-order chi connectivity index (χ0) is 11.0. The van der Waals surface area contributed by atoms with E-state index in [1.165, 1.54) is 16.3 Å². The van der Waals surface area contributed by atoms with E-state index in [4.69, 9.17) is 4.74 Å². The van der Waals surface area contributed by atoms with Crippen LogP contribution in [0.25, 0.3) is 10.8 Å². The van der Waals surface area contributed by atoms with Gasteiger partial charge >= 0.3 is 0 Å². The van der Waals surface area contributed by atoms with Crippen molar-refractivity contribution in [2.24, 2.45) is 0 Å². The van der Waals surface area contributed by atoms with Gasteiger partial charge in [-0.25, -0.2) is 0 Å². The van der Waals surface area contributed by atoms with E-state index >= 15 is 0 Å². The third-order valence-electron chi connectivity index (χ3n) is 3.03. The minimum atomic E-state index is 0.227. The largest absolute Gasteiger partial charge is 0.373 e. The summed E-state index contributed by atoms with van der Waals surface area (Å²) < 4.78 is 6.83. The minimum Gasteiger partial charge on any atom is -0.373 e. The van der Waals surface area contributed by atoms with Gasteiger partial charge in [0.1, 0.15) is 0 Å². The van der Waals surface area contributed by atoms with Crippen molar-refractivity contribution < 1.29 is 4.74 Å². The fourth-order valence-electron chi connectivity index (χ4n) is 2.24. The number of ether oxygens (including phenoxy) is 1. The van der Waals surface area contributed by atoms with Gasteiger partial charge in [-0.15, -0.1) is 0 Å². The van der Waals surface area contributed by atoms with Crippen LogP contribution in [0.5, 0.6) is 0 Å². The van der Waals surface area contributed by atoms with E-state index in [0.717, 1.165) is 23.9 Å². The molecular weight excluding hydrogens is 266 g/mol. The highest BCUT2D eigenvalue weighted by Gasteiger charge is 2.19. The molecule has 0 saturated carbocycles. The number of benzene rings is 1. The van der Waals surface area contributed by atoms with Crippen molar-refractivity contribution in [3.05, 3.63) is 40.6 Å². The molecule has 0 aliphatic carbocycles. The Labute approximate surface area is 103 Å². The number of aromatic nitrogens is 1. The maximum atomic E-state index is 5.73. The predicted molar refractivity (Wildman–Crippen MR) is 67.4 cm³/mol. The molecule has 1 aromatic heterocycles. The first kappa shape index (κ1) is 10.2. The number of pyridine rings is 1. The van der Waals surface area contributed by atoms with Crippen LogP contribution in [0.2, 0.25) is 0 Å². The average Bonchev–Trinajstić information content (AvgIpc) is 2.81. The molecule has 3 heteroatoms. The van der Waals surface area contributed by atoms with Crippen LogP contribution in [0.3, 0.4) is 0 Å². The molecule has 1 aromatic carbocycles. The molecule has 1 saturated heterocycles. The molecular formula is C13H12BrNO. The van der Waals surface area contributed by atoms with Gasteiger partial charge in [-0.05, 0) is 30.4 Å². The van der Waals surface area contributed by atoms with Gasteiger partial charge in [0.15, 0.2) is 0 Å². The van der Waals surface area contributed by atoms with Crippen molar-refractivity contribution in [2.75, 3.05) is 6.61 Å². The fourth-order valence-corrected chi connectivity index (χ4v) is 2.60. The zero-order valence-corrected chi connectivity index (χ0v) is 10.4. The normalized spacial score (nSPS) is 20.4. The Balaban J connectivity index is 2.18. The Morgan fingerprint density at radius 3 is 3.06 bits per heavy atom. The molecule has 1 fully saturated rings. The van der Waals surface area contributed by atoms with Gasteiger partial charge in [0.2, 0.25) is 0 Å². The Kier molecular flexibility index (Phi) is 2.65. The topological polar surface area (TPSA) is 22.1 Å². The summed E-state index contributed by atoms with van der Waals surface area (Å²) in [5, 5.41) is 2.42. The second-order valence-corrected chi connectivity index (χ2v) is 5.01. The maximum absolute atomic E-state index is 5.73. The number of fused-ring (bicyclic) bond motifs is 1. The quantitative estimate of drug-likeness (QED) is 0.790. The first-order valence-electron chi connectivity index (χ1n) is 5.49. The van der Waals surface area contributed by atoms with Crippen LogP contribution in [-0.4, -0.2) is 11.6 Å². The van der Waals surface area contributed by atoms with Crippen LogP contribution < -0.4 is 0 Å². The summed E-state index contributed by atoms with van der Waals surface area (Å²) in [4.78, 5) is 4.29. The number of rotatable bonds is 1. The van der Waals surface area contributed by atoms with E-state index in [2.05, 4.69) is 33.0 Å². The van der Waals surface area contributed by atoms with Crippen LogP contribution in [0.15, 0.2) is 35.1 Å². The van der Waals surface area contributed by atoms with Crippen LogP contribution in [-0.2, 0) is 4.74 Å². The molecule has 3 rings (SSSR count). The highest BCUT2D eigenvalue weighted by atomic mass is 79.9. The summed E-state index contributed by atoms with van der Waals surface area (Å²) >= 11 is 3.51. The molecule has 2 nitrogen and oxygen atoms in total. The van der Waals surface area contributed by atoms with Gasteiger partial charge in [0, 0.05) is 34.4 Å². The van der Waals surface area contributed by atoms with Gasteiger partial charge in [0.05, 0.1) is 6.10 Å². The molecule has 1 unspecified atom stereocenters. The molecule has 2 heterocycles. The lowest BCUT2D eigenvalue weighted by Gasteiger charge is -2.12. The molecule has 16 heavy (non-hydrogen) atoms. The van der Waals surface area contributed by atoms with Gasteiger partial charge in [-0.2, -0.15) is 0 Å². The first-order valence-corrected chi connectivity index (χ1v) is 6.29. The molecule has 1 aliphatic rings. The Morgan fingerprint density at radius 2 is 2.25 bits per heavy atom. The fraction of sp³-hybridized carbons (Fsp3) is 0.308. The van der Waals surface area contributed by atoms with E-state index in [9.17, 15) is 0 Å². The zero-order valence-electron chi connectivity index (χ0n) is 8.82. The second-order valence-electron chi connectivity index (χ2n) is 4.10. The van der Waals surface area contributed by atoms with Gasteiger partial charge in [-0.3, -0.25) is 4.98 Å². The van der Waals surface area contributed by atoms with E-state index in [-0.39, 0.29) is 6.10 Å². The van der Waals surface area contributed by atoms with Gasteiger partial charge in [-0.1, -0.05) is 22.0 Å². The van der Waals surface area contributed by atoms with Crippen molar-refractivity contribution >= 4 is 26.7 Å². The molecule has 0 amide bonds. The van der Waals surface area contributed by atoms with E-state index in [1.807, 2.05) is 18.5 Å². The van der Waals surface area contributed by atoms with Gasteiger partial charge < -0.3 is 4.74 Å². The van der Waals surface area contributed by atoms with Crippen molar-refractivity contribution in [3.63, 3.8) is 0 Å². The van der Waals surface area contributed by atoms with Crippen molar-refractivity contribution in [2.45, 2.75) is 18.9 Å². The van der Waals surface area contributed by atoms with Crippen LogP contribution >= 0.6 is 15.9 Å². The maximum Gasteiger partial charge on any atom is 0.0846 e. The SMILES string of the molecule is Brc1ccc2cncc(C3CCCO3)c2c1. The lowest BCUT2D eigenvalue weighted by Crippen LogP contribution is -1.97. The van der Waals surface area contributed by atoms with E-state index < -0.39 is 0 Å². The third-order valence-corrected chi connectivity index (χ3v) is 3.52. The van der Waals surface area contributed by atoms with Crippen molar-refractivity contribution in [1.82, 2.24) is 4.98 Å². The van der Waals surface area contributed by atoms with Crippen molar-refractivity contribution in [1.29, 1.82) is 0 Å². The Hall–Kier alpha value is -0.930.